The Kier molecular flexibility index (Phi) is 2.94. The molecule has 0 unspecified atom stereocenters. The first kappa shape index (κ1) is 11.5. The molecule has 0 atom stereocenters. The Morgan fingerprint density at radius 2 is 1.88 bits per heavy atom. The first-order valence-electron chi connectivity index (χ1n) is 5.68. The van der Waals surface area contributed by atoms with Crippen molar-refractivity contribution in [1.29, 1.82) is 0 Å². The molecule has 1 aromatic heterocycles. The summed E-state index contributed by atoms with van der Waals surface area (Å²) in [5.74, 6) is 1.56. The predicted molar refractivity (Wildman–Crippen MR) is 69.2 cm³/mol. The maximum absolute atomic E-state index is 5.99. The SMILES string of the molecule is CC(C)c1nc2cc(Cl)ccc2n1C(C)C. The second kappa shape index (κ2) is 4.10. The fraction of sp³-hybridized carbons (Fsp3) is 0.462. The molecule has 1 aromatic carbocycles. The minimum Gasteiger partial charge on any atom is -0.325 e. The molecular weight excluding hydrogens is 220 g/mol. The number of aromatic nitrogens is 2. The molecule has 86 valence electrons. The van der Waals surface area contributed by atoms with E-state index in [-0.39, 0.29) is 0 Å². The van der Waals surface area contributed by atoms with E-state index >= 15 is 0 Å². The summed E-state index contributed by atoms with van der Waals surface area (Å²) in [4.78, 5) is 4.67. The average Bonchev–Trinajstić information content (AvgIpc) is 2.55. The molecule has 3 heteroatoms. The summed E-state index contributed by atoms with van der Waals surface area (Å²) >= 11 is 5.99. The number of hydrogen-bond acceptors (Lipinski definition) is 1. The average molecular weight is 237 g/mol. The first-order chi connectivity index (χ1) is 7.50. The van der Waals surface area contributed by atoms with Gasteiger partial charge in [0.25, 0.3) is 0 Å². The zero-order chi connectivity index (χ0) is 11.9. The number of fused-ring (bicyclic) bond motifs is 1. The molecule has 0 fully saturated rings. The summed E-state index contributed by atoms with van der Waals surface area (Å²) in [6.45, 7) is 8.70. The molecule has 2 aromatic rings. The van der Waals surface area contributed by atoms with E-state index in [2.05, 4.69) is 43.3 Å². The Hall–Kier alpha value is -1.02. The number of imidazole rings is 1. The molecule has 0 saturated heterocycles. The van der Waals surface area contributed by atoms with Crippen LogP contribution in [0.3, 0.4) is 0 Å². The van der Waals surface area contributed by atoms with Crippen molar-refractivity contribution in [3.63, 3.8) is 0 Å². The van der Waals surface area contributed by atoms with Gasteiger partial charge in [0.15, 0.2) is 0 Å². The van der Waals surface area contributed by atoms with E-state index in [1.165, 1.54) is 5.52 Å². The number of rotatable bonds is 2. The predicted octanol–water partition coefficient (Wildman–Crippen LogP) is 4.39. The minimum absolute atomic E-state index is 0.420. The number of halogens is 1. The molecule has 0 bridgehead atoms. The van der Waals surface area contributed by atoms with Crippen molar-refractivity contribution in [1.82, 2.24) is 9.55 Å². The molecule has 0 amide bonds. The van der Waals surface area contributed by atoms with Crippen molar-refractivity contribution in [3.8, 4) is 0 Å². The molecule has 0 N–H and O–H groups in total. The maximum Gasteiger partial charge on any atom is 0.112 e. The standard InChI is InChI=1S/C13H17ClN2/c1-8(2)13-15-11-7-10(14)5-6-12(11)16(13)9(3)4/h5-9H,1-4H3. The van der Waals surface area contributed by atoms with E-state index in [0.717, 1.165) is 16.4 Å². The summed E-state index contributed by atoms with van der Waals surface area (Å²) in [6.07, 6.45) is 0. The molecule has 1 heterocycles. The van der Waals surface area contributed by atoms with Crippen LogP contribution in [0.2, 0.25) is 5.02 Å². The van der Waals surface area contributed by atoms with Gasteiger partial charge in [-0.25, -0.2) is 4.98 Å². The van der Waals surface area contributed by atoms with Crippen LogP contribution >= 0.6 is 11.6 Å². The summed E-state index contributed by atoms with van der Waals surface area (Å²) in [5, 5.41) is 0.746. The summed E-state index contributed by atoms with van der Waals surface area (Å²) < 4.78 is 2.29. The Bertz CT molecular complexity index is 512. The number of nitrogens with zero attached hydrogens (tertiary/aromatic N) is 2. The van der Waals surface area contributed by atoms with Gasteiger partial charge in [0.05, 0.1) is 11.0 Å². The van der Waals surface area contributed by atoms with E-state index in [0.29, 0.717) is 12.0 Å². The van der Waals surface area contributed by atoms with Crippen molar-refractivity contribution in [3.05, 3.63) is 29.0 Å². The van der Waals surface area contributed by atoms with E-state index in [1.807, 2.05) is 12.1 Å². The van der Waals surface area contributed by atoms with Gasteiger partial charge >= 0.3 is 0 Å². The van der Waals surface area contributed by atoms with Crippen LogP contribution in [-0.2, 0) is 0 Å². The highest BCUT2D eigenvalue weighted by molar-refractivity contribution is 6.31. The number of hydrogen-bond donors (Lipinski definition) is 0. The lowest BCUT2D eigenvalue weighted by atomic mass is 10.2. The zero-order valence-corrected chi connectivity index (χ0v) is 10.9. The molecule has 0 aliphatic carbocycles. The molecule has 0 radical (unpaired) electrons. The fourth-order valence-corrected chi connectivity index (χ4v) is 2.21. The Labute approximate surface area is 101 Å². The topological polar surface area (TPSA) is 17.8 Å². The minimum atomic E-state index is 0.420. The van der Waals surface area contributed by atoms with E-state index < -0.39 is 0 Å². The van der Waals surface area contributed by atoms with Crippen LogP contribution in [0.15, 0.2) is 18.2 Å². The van der Waals surface area contributed by atoms with Gasteiger partial charge in [-0.05, 0) is 32.0 Å². The quantitative estimate of drug-likeness (QED) is 0.756. The smallest absolute Gasteiger partial charge is 0.112 e. The second-order valence-electron chi connectivity index (χ2n) is 4.72. The van der Waals surface area contributed by atoms with Crippen LogP contribution in [-0.4, -0.2) is 9.55 Å². The molecule has 16 heavy (non-hydrogen) atoms. The van der Waals surface area contributed by atoms with Crippen LogP contribution in [0, 0.1) is 0 Å². The highest BCUT2D eigenvalue weighted by Crippen LogP contribution is 2.27. The zero-order valence-electron chi connectivity index (χ0n) is 10.2. The monoisotopic (exact) mass is 236 g/mol. The van der Waals surface area contributed by atoms with Crippen LogP contribution in [0.4, 0.5) is 0 Å². The van der Waals surface area contributed by atoms with E-state index in [1.54, 1.807) is 0 Å². The highest BCUT2D eigenvalue weighted by atomic mass is 35.5. The van der Waals surface area contributed by atoms with E-state index in [4.69, 9.17) is 11.6 Å². The van der Waals surface area contributed by atoms with Gasteiger partial charge in [-0.1, -0.05) is 25.4 Å². The molecule has 2 rings (SSSR count). The first-order valence-corrected chi connectivity index (χ1v) is 6.06. The van der Waals surface area contributed by atoms with Crippen molar-refractivity contribution in [2.24, 2.45) is 0 Å². The van der Waals surface area contributed by atoms with Gasteiger partial charge in [-0.2, -0.15) is 0 Å². The molecule has 2 nitrogen and oxygen atoms in total. The van der Waals surface area contributed by atoms with Crippen LogP contribution < -0.4 is 0 Å². The third kappa shape index (κ3) is 1.82. The maximum atomic E-state index is 5.99. The Balaban J connectivity index is 2.75. The van der Waals surface area contributed by atoms with Gasteiger partial charge in [0.1, 0.15) is 5.82 Å². The molecule has 0 aliphatic rings. The van der Waals surface area contributed by atoms with Crippen molar-refractivity contribution in [2.45, 2.75) is 39.7 Å². The van der Waals surface area contributed by atoms with Gasteiger partial charge in [0, 0.05) is 17.0 Å². The van der Waals surface area contributed by atoms with Crippen LogP contribution in [0.5, 0.6) is 0 Å². The Morgan fingerprint density at radius 1 is 1.19 bits per heavy atom. The summed E-state index contributed by atoms with van der Waals surface area (Å²) in [7, 11) is 0. The number of benzene rings is 1. The molecule has 0 saturated carbocycles. The third-order valence-electron chi connectivity index (χ3n) is 2.71. The fourth-order valence-electron chi connectivity index (χ4n) is 2.04. The molecular formula is C13H17ClN2. The molecule has 0 spiro atoms. The van der Waals surface area contributed by atoms with Gasteiger partial charge in [-0.15, -0.1) is 0 Å². The van der Waals surface area contributed by atoms with Crippen molar-refractivity contribution >= 4 is 22.6 Å². The van der Waals surface area contributed by atoms with Gasteiger partial charge in [0.2, 0.25) is 0 Å². The summed E-state index contributed by atoms with van der Waals surface area (Å²) in [6, 6.07) is 6.33. The highest BCUT2D eigenvalue weighted by Gasteiger charge is 2.15. The van der Waals surface area contributed by atoms with Gasteiger partial charge in [-0.3, -0.25) is 0 Å². The third-order valence-corrected chi connectivity index (χ3v) is 2.95. The lowest BCUT2D eigenvalue weighted by Crippen LogP contribution is -2.07. The lowest BCUT2D eigenvalue weighted by molar-refractivity contribution is 0.564. The normalized spacial score (nSPS) is 11.9. The molecule has 0 aliphatic heterocycles. The lowest BCUT2D eigenvalue weighted by Gasteiger charge is -2.14. The second-order valence-corrected chi connectivity index (χ2v) is 5.16. The van der Waals surface area contributed by atoms with Crippen molar-refractivity contribution in [2.75, 3.05) is 0 Å². The van der Waals surface area contributed by atoms with Crippen LogP contribution in [0.1, 0.15) is 45.5 Å². The largest absolute Gasteiger partial charge is 0.325 e. The summed E-state index contributed by atoms with van der Waals surface area (Å²) in [5.41, 5.74) is 2.16. The van der Waals surface area contributed by atoms with Crippen molar-refractivity contribution < 1.29 is 0 Å². The van der Waals surface area contributed by atoms with Crippen LogP contribution in [0.25, 0.3) is 11.0 Å². The van der Waals surface area contributed by atoms with E-state index in [9.17, 15) is 0 Å². The van der Waals surface area contributed by atoms with Gasteiger partial charge < -0.3 is 4.57 Å². The Morgan fingerprint density at radius 3 is 2.44 bits per heavy atom.